The van der Waals surface area contributed by atoms with Crippen LogP contribution in [0.4, 0.5) is 34.1 Å². The lowest BCUT2D eigenvalue weighted by molar-refractivity contribution is 0.590. The predicted molar refractivity (Wildman–Crippen MR) is 226 cm³/mol. The van der Waals surface area contributed by atoms with Crippen LogP contribution in [0.3, 0.4) is 0 Å². The molecule has 3 heteroatoms. The van der Waals surface area contributed by atoms with E-state index in [2.05, 4.69) is 118 Å². The van der Waals surface area contributed by atoms with Crippen LogP contribution in [0, 0.1) is 0 Å². The molecule has 0 saturated heterocycles. The molecule has 0 N–H and O–H groups in total. The molecular weight excluding hydrogens is 639 g/mol. The Balaban J connectivity index is 1.27. The van der Waals surface area contributed by atoms with E-state index in [0.29, 0.717) is 0 Å². The molecule has 2 heterocycles. The first kappa shape index (κ1) is 32.2. The van der Waals surface area contributed by atoms with Gasteiger partial charge in [-0.25, -0.2) is 0 Å². The van der Waals surface area contributed by atoms with Crippen molar-refractivity contribution >= 4 is 57.2 Å². The molecule has 2 aliphatic heterocycles. The van der Waals surface area contributed by atoms with E-state index in [-0.39, 0.29) is 17.5 Å². The van der Waals surface area contributed by atoms with Crippen molar-refractivity contribution in [3.8, 4) is 0 Å². The fourth-order valence-electron chi connectivity index (χ4n) is 11.5. The summed E-state index contributed by atoms with van der Waals surface area (Å²) in [5, 5.41) is 0. The molecule has 4 aliphatic carbocycles. The summed E-state index contributed by atoms with van der Waals surface area (Å²) >= 11 is 0. The molecule has 6 aliphatic rings. The number of aryl methyl sites for hydroxylation is 4. The third-order valence-electron chi connectivity index (χ3n) is 14.1. The quantitative estimate of drug-likeness (QED) is 0.167. The van der Waals surface area contributed by atoms with Gasteiger partial charge in [0.05, 0.1) is 11.4 Å². The summed E-state index contributed by atoms with van der Waals surface area (Å²) < 4.78 is 0. The van der Waals surface area contributed by atoms with Crippen LogP contribution in [-0.4, -0.2) is 6.71 Å². The molecule has 0 unspecified atom stereocenters. The second-order valence-electron chi connectivity index (χ2n) is 19.3. The Hall–Kier alpha value is -4.24. The van der Waals surface area contributed by atoms with Crippen molar-refractivity contribution in [3.05, 3.63) is 122 Å². The fourth-order valence-corrected chi connectivity index (χ4v) is 11.5. The van der Waals surface area contributed by atoms with Gasteiger partial charge in [0.1, 0.15) is 0 Å². The van der Waals surface area contributed by atoms with Crippen molar-refractivity contribution in [2.24, 2.45) is 0 Å². The number of fused-ring (bicyclic) bond motifs is 8. The lowest BCUT2D eigenvalue weighted by Crippen LogP contribution is -2.61. The minimum Gasteiger partial charge on any atom is -0.311 e. The van der Waals surface area contributed by atoms with Gasteiger partial charge < -0.3 is 9.80 Å². The van der Waals surface area contributed by atoms with Crippen LogP contribution in [-0.2, 0) is 62.2 Å². The highest BCUT2D eigenvalue weighted by Crippen LogP contribution is 2.52. The first-order valence-corrected chi connectivity index (χ1v) is 20.9. The highest BCUT2D eigenvalue weighted by Gasteiger charge is 2.46. The Bertz CT molecular complexity index is 2170. The average molecular weight is 693 g/mol. The molecule has 2 nitrogen and oxygen atoms in total. The Morgan fingerprint density at radius 2 is 0.811 bits per heavy atom. The van der Waals surface area contributed by atoms with Crippen molar-refractivity contribution in [2.75, 3.05) is 9.80 Å². The van der Waals surface area contributed by atoms with Gasteiger partial charge in [-0.1, -0.05) is 84.0 Å². The summed E-state index contributed by atoms with van der Waals surface area (Å²) in [5.74, 6) is 0. The summed E-state index contributed by atoms with van der Waals surface area (Å²) in [7, 11) is 0. The molecule has 0 aromatic heterocycles. The number of hydrogen-bond acceptors (Lipinski definition) is 2. The summed E-state index contributed by atoms with van der Waals surface area (Å²) in [5.41, 5.74) is 29.0. The summed E-state index contributed by atoms with van der Waals surface area (Å²) in [4.78, 5) is 5.59. The van der Waals surface area contributed by atoms with E-state index < -0.39 is 0 Å². The topological polar surface area (TPSA) is 6.48 Å². The van der Waals surface area contributed by atoms with Crippen molar-refractivity contribution < 1.29 is 0 Å². The van der Waals surface area contributed by atoms with Gasteiger partial charge in [0.25, 0.3) is 6.71 Å². The lowest BCUT2D eigenvalue weighted by Gasteiger charge is -2.46. The minimum absolute atomic E-state index is 0.0524. The highest BCUT2D eigenvalue weighted by atomic mass is 15.2. The number of hydrogen-bond donors (Lipinski definition) is 0. The zero-order valence-corrected chi connectivity index (χ0v) is 32.8. The van der Waals surface area contributed by atoms with Gasteiger partial charge in [-0.15, -0.1) is 0 Å². The molecular formula is C50H53BN2. The van der Waals surface area contributed by atoms with Crippen molar-refractivity contribution in [1.82, 2.24) is 0 Å². The Morgan fingerprint density at radius 1 is 0.434 bits per heavy atom. The van der Waals surface area contributed by atoms with Crippen LogP contribution in [0.1, 0.15) is 123 Å². The van der Waals surface area contributed by atoms with E-state index in [0.717, 1.165) is 0 Å². The second kappa shape index (κ2) is 11.2. The molecule has 0 spiro atoms. The first-order chi connectivity index (χ1) is 25.6. The van der Waals surface area contributed by atoms with E-state index in [1.165, 1.54) is 139 Å². The molecule has 0 amide bonds. The number of rotatable bonds is 2. The maximum atomic E-state index is 2.79. The van der Waals surface area contributed by atoms with E-state index >= 15 is 0 Å². The van der Waals surface area contributed by atoms with Crippen molar-refractivity contribution in [1.29, 1.82) is 0 Å². The van der Waals surface area contributed by atoms with E-state index in [4.69, 9.17) is 0 Å². The van der Waals surface area contributed by atoms with Crippen LogP contribution in [0.15, 0.2) is 66.7 Å². The smallest absolute Gasteiger partial charge is 0.252 e. The van der Waals surface area contributed by atoms with Crippen molar-refractivity contribution in [3.63, 3.8) is 0 Å². The first-order valence-electron chi connectivity index (χ1n) is 20.9. The van der Waals surface area contributed by atoms with Gasteiger partial charge in [0.2, 0.25) is 0 Å². The Kier molecular flexibility index (Phi) is 6.78. The third-order valence-corrected chi connectivity index (χ3v) is 14.1. The summed E-state index contributed by atoms with van der Waals surface area (Å²) in [6.07, 6.45) is 14.7. The monoisotopic (exact) mass is 692 g/mol. The zero-order valence-electron chi connectivity index (χ0n) is 32.8. The summed E-state index contributed by atoms with van der Waals surface area (Å²) in [6.45, 7) is 14.5. The molecule has 5 aromatic rings. The van der Waals surface area contributed by atoms with E-state index in [9.17, 15) is 0 Å². The predicted octanol–water partition coefficient (Wildman–Crippen LogP) is 10.3. The van der Waals surface area contributed by atoms with Gasteiger partial charge in [-0.3, -0.25) is 0 Å². The number of benzene rings is 5. The molecule has 11 rings (SSSR count). The Labute approximate surface area is 317 Å². The van der Waals surface area contributed by atoms with Gasteiger partial charge in [-0.05, 0) is 184 Å². The van der Waals surface area contributed by atoms with E-state index in [1.54, 1.807) is 44.5 Å². The van der Waals surface area contributed by atoms with Crippen molar-refractivity contribution in [2.45, 2.75) is 129 Å². The maximum absolute atomic E-state index is 2.79. The molecule has 266 valence electrons. The Morgan fingerprint density at radius 3 is 1.17 bits per heavy atom. The normalized spacial score (nSPS) is 17.7. The number of anilines is 6. The van der Waals surface area contributed by atoms with Crippen LogP contribution < -0.4 is 26.2 Å². The van der Waals surface area contributed by atoms with Crippen LogP contribution in [0.5, 0.6) is 0 Å². The second-order valence-corrected chi connectivity index (χ2v) is 19.3. The number of nitrogens with zero attached hydrogens (tertiary/aromatic N) is 2. The standard InChI is InChI=1S/C50H53BN2/c1-49(2,3)34-22-24-42-40(28-34)51-41-29-35(50(4,5)6)23-25-43(41)53(48-38-18-9-14-32(38)27-33-15-10-19-39(33)48)45-21-11-20-44(46(45)51)52(42)47-36-16-7-12-30(36)26-31-13-8-17-37(31)47/h11,20-29H,7-10,12-19H2,1-6H3. The molecule has 0 bridgehead atoms. The molecule has 53 heavy (non-hydrogen) atoms. The third kappa shape index (κ3) is 4.58. The van der Waals surface area contributed by atoms with Gasteiger partial charge in [0, 0.05) is 22.7 Å². The van der Waals surface area contributed by atoms with Crippen LogP contribution >= 0.6 is 0 Å². The highest BCUT2D eigenvalue weighted by molar-refractivity contribution is 7.00. The van der Waals surface area contributed by atoms with Gasteiger partial charge in [-0.2, -0.15) is 0 Å². The van der Waals surface area contributed by atoms with Gasteiger partial charge in [0.15, 0.2) is 0 Å². The van der Waals surface area contributed by atoms with E-state index in [1.807, 2.05) is 0 Å². The summed E-state index contributed by atoms with van der Waals surface area (Å²) in [6, 6.07) is 27.7. The molecule has 0 saturated carbocycles. The molecule has 0 atom stereocenters. The molecule has 5 aromatic carbocycles. The molecule has 0 radical (unpaired) electrons. The maximum Gasteiger partial charge on any atom is 0.252 e. The molecule has 0 fully saturated rings. The van der Waals surface area contributed by atoms with Crippen LogP contribution in [0.25, 0.3) is 0 Å². The minimum atomic E-state index is 0.0524. The zero-order chi connectivity index (χ0) is 36.0. The SMILES string of the molecule is CC(C)(C)c1ccc2c(c1)B1c3cc(C(C)(C)C)ccc3N(c3c4c(cc5c3CCC5)CCC4)c3cccc(c31)N2c1c2c(cc3c1CCC3)CCC2. The van der Waals surface area contributed by atoms with Gasteiger partial charge >= 0.3 is 0 Å². The van der Waals surface area contributed by atoms with Crippen LogP contribution in [0.2, 0.25) is 0 Å². The average Bonchev–Trinajstić information content (AvgIpc) is 3.96. The fraction of sp³-hybridized carbons (Fsp3) is 0.400. The lowest BCUT2D eigenvalue weighted by atomic mass is 9.33. The largest absolute Gasteiger partial charge is 0.311 e.